The molecule has 0 saturated carbocycles. The second kappa shape index (κ2) is 16.5. The molecule has 0 fully saturated rings. The molecule has 3 aromatic carbocycles. The lowest BCUT2D eigenvalue weighted by atomic mass is 10.1. The third kappa shape index (κ3) is 8.59. The first-order valence-electron chi connectivity index (χ1n) is 14.3. The molecule has 44 heavy (non-hydrogen) atoms. The van der Waals surface area contributed by atoms with Crippen molar-refractivity contribution in [3.63, 3.8) is 0 Å². The van der Waals surface area contributed by atoms with Crippen LogP contribution in [0.1, 0.15) is 71.4 Å². The van der Waals surface area contributed by atoms with Gasteiger partial charge < -0.3 is 18.9 Å². The monoisotopic (exact) mass is 628 g/mol. The average molecular weight is 629 g/mol. The van der Waals surface area contributed by atoms with E-state index in [0.29, 0.717) is 40.1 Å². The van der Waals surface area contributed by atoms with Crippen molar-refractivity contribution in [2.75, 3.05) is 13.2 Å². The largest absolute Gasteiger partial charge is 0.488 e. The van der Waals surface area contributed by atoms with Gasteiger partial charge in [-0.1, -0.05) is 74.5 Å². The minimum Gasteiger partial charge on any atom is -0.488 e. The summed E-state index contributed by atoms with van der Waals surface area (Å²) in [4.78, 5) is 29.3. The van der Waals surface area contributed by atoms with Gasteiger partial charge in [-0.25, -0.2) is 19.7 Å². The number of hydrogen-bond donors (Lipinski definition) is 0. The second-order valence-corrected chi connectivity index (χ2v) is 12.0. The number of benzene rings is 3. The van der Waals surface area contributed by atoms with E-state index >= 15 is 0 Å². The van der Waals surface area contributed by atoms with Gasteiger partial charge in [0.15, 0.2) is 0 Å². The van der Waals surface area contributed by atoms with Crippen LogP contribution in [0.2, 0.25) is 0 Å². The highest BCUT2D eigenvalue weighted by atomic mass is 32.2. The van der Waals surface area contributed by atoms with E-state index in [9.17, 15) is 14.9 Å². The van der Waals surface area contributed by atoms with Crippen LogP contribution in [0.3, 0.4) is 0 Å². The van der Waals surface area contributed by atoms with Crippen LogP contribution in [0.25, 0.3) is 4.85 Å². The van der Waals surface area contributed by atoms with Crippen molar-refractivity contribution in [3.8, 4) is 17.6 Å². The highest BCUT2D eigenvalue weighted by Gasteiger charge is 2.28. The molecule has 0 bridgehead atoms. The molecular weight excluding hydrogens is 597 g/mol. The number of hydrogen-bond acceptors (Lipinski definition) is 9. The predicted molar refractivity (Wildman–Crippen MR) is 169 cm³/mol. The van der Waals surface area contributed by atoms with Crippen LogP contribution in [0.4, 0.5) is 0 Å². The zero-order chi connectivity index (χ0) is 31.3. The van der Waals surface area contributed by atoms with E-state index in [0.717, 1.165) is 46.6 Å². The number of nitrogens with zero attached hydrogens (tertiary/aromatic N) is 2. The zero-order valence-electron chi connectivity index (χ0n) is 24.6. The SMILES string of the molecule is [C-]#[N+]C(C#N)=C1Sc2c(OCc3ccc(C(=O)OCCCC)cc3)ccc(OCc3ccc(C(=O)OCCCC)cc3)c2S1. The fourth-order valence-corrected chi connectivity index (χ4v) is 6.45. The van der Waals surface area contributed by atoms with Crippen LogP contribution in [0.15, 0.2) is 80.4 Å². The minimum atomic E-state index is -0.346. The lowest BCUT2D eigenvalue weighted by molar-refractivity contribution is 0.0490. The molecule has 4 rings (SSSR count). The number of allylic oxidation sites excluding steroid dienone is 1. The first-order chi connectivity index (χ1) is 21.5. The number of carbonyl (C=O) groups excluding carboxylic acids is 2. The number of unbranched alkanes of at least 4 members (excludes halogenated alkanes) is 2. The summed E-state index contributed by atoms with van der Waals surface area (Å²) < 4.78 is 23.4. The summed E-state index contributed by atoms with van der Waals surface area (Å²) in [5.74, 6) is 0.495. The maximum atomic E-state index is 12.2. The van der Waals surface area contributed by atoms with Crippen molar-refractivity contribution in [2.24, 2.45) is 0 Å². The molecule has 8 nitrogen and oxygen atoms in total. The Labute approximate surface area is 266 Å². The molecule has 3 aromatic rings. The number of nitriles is 1. The summed E-state index contributed by atoms with van der Waals surface area (Å²) in [5.41, 5.74) is 2.72. The van der Waals surface area contributed by atoms with Gasteiger partial charge in [-0.05, 0) is 60.4 Å². The van der Waals surface area contributed by atoms with Gasteiger partial charge in [-0.15, -0.1) is 0 Å². The van der Waals surface area contributed by atoms with Crippen LogP contribution in [0.5, 0.6) is 11.5 Å². The Hall–Kier alpha value is -4.38. The fourth-order valence-electron chi connectivity index (χ4n) is 3.95. The van der Waals surface area contributed by atoms with Gasteiger partial charge >= 0.3 is 11.9 Å². The molecule has 0 unspecified atom stereocenters. The average Bonchev–Trinajstić information content (AvgIpc) is 3.50. The number of carbonyl (C=O) groups is 2. The van der Waals surface area contributed by atoms with Crippen LogP contribution >= 0.6 is 23.5 Å². The molecule has 0 radical (unpaired) electrons. The molecular formula is C34H32N2O6S2. The predicted octanol–water partition coefficient (Wildman–Crippen LogP) is 8.57. The van der Waals surface area contributed by atoms with Crippen molar-refractivity contribution >= 4 is 35.5 Å². The molecule has 1 heterocycles. The summed E-state index contributed by atoms with van der Waals surface area (Å²) in [5, 5.41) is 9.48. The third-order valence-electron chi connectivity index (χ3n) is 6.47. The van der Waals surface area contributed by atoms with Crippen molar-refractivity contribution in [2.45, 2.75) is 62.5 Å². The molecule has 0 spiro atoms. The van der Waals surface area contributed by atoms with E-state index < -0.39 is 0 Å². The van der Waals surface area contributed by atoms with Crippen LogP contribution < -0.4 is 9.47 Å². The van der Waals surface area contributed by atoms with E-state index in [2.05, 4.69) is 4.85 Å². The maximum absolute atomic E-state index is 12.2. The van der Waals surface area contributed by atoms with E-state index in [1.54, 1.807) is 24.3 Å². The molecule has 226 valence electrons. The highest BCUT2D eigenvalue weighted by molar-refractivity contribution is 8.24. The maximum Gasteiger partial charge on any atom is 0.338 e. The van der Waals surface area contributed by atoms with Gasteiger partial charge in [0.1, 0.15) is 24.7 Å². The van der Waals surface area contributed by atoms with Gasteiger partial charge in [-0.3, -0.25) is 0 Å². The summed E-state index contributed by atoms with van der Waals surface area (Å²) in [6.45, 7) is 12.8. The van der Waals surface area contributed by atoms with E-state index in [-0.39, 0.29) is 30.8 Å². The third-order valence-corrected chi connectivity index (χ3v) is 9.08. The quantitative estimate of drug-likeness (QED) is 0.0752. The van der Waals surface area contributed by atoms with Crippen LogP contribution in [-0.4, -0.2) is 25.2 Å². The second-order valence-electron chi connectivity index (χ2n) is 9.73. The van der Waals surface area contributed by atoms with Crippen LogP contribution in [0, 0.1) is 17.9 Å². The Kier molecular flexibility index (Phi) is 12.2. The number of fused-ring (bicyclic) bond motifs is 1. The Morgan fingerprint density at radius 3 is 1.55 bits per heavy atom. The van der Waals surface area contributed by atoms with Gasteiger partial charge in [0.25, 0.3) is 5.70 Å². The van der Waals surface area contributed by atoms with Crippen molar-refractivity contribution < 1.29 is 28.5 Å². The molecule has 0 N–H and O–H groups in total. The van der Waals surface area contributed by atoms with Gasteiger partial charge in [-0.2, -0.15) is 0 Å². The lowest BCUT2D eigenvalue weighted by Gasteiger charge is -2.14. The Morgan fingerprint density at radius 2 is 1.18 bits per heavy atom. The normalized spacial score (nSPS) is 11.6. The molecule has 1 aliphatic heterocycles. The topological polar surface area (TPSA) is 99.2 Å². The van der Waals surface area contributed by atoms with Gasteiger partial charge in [0, 0.05) is 0 Å². The summed E-state index contributed by atoms with van der Waals surface area (Å²) in [6, 6.07) is 19.8. The first kappa shape index (κ1) is 32.5. The van der Waals surface area contributed by atoms with E-state index in [1.165, 1.54) is 23.5 Å². The zero-order valence-corrected chi connectivity index (χ0v) is 26.2. The van der Waals surface area contributed by atoms with Crippen molar-refractivity contribution in [3.05, 3.63) is 104 Å². The Morgan fingerprint density at radius 1 is 0.750 bits per heavy atom. The lowest BCUT2D eigenvalue weighted by Crippen LogP contribution is -2.06. The van der Waals surface area contributed by atoms with E-state index in [1.807, 2.05) is 56.3 Å². The molecule has 1 aliphatic rings. The standard InChI is InChI=1S/C34H32N2O6S2/c1-4-6-18-39-32(37)25-12-8-23(9-13-25)21-41-28-16-17-29(31-30(28)43-34(44-31)27(20-35)36-3)42-22-24-10-14-26(15-11-24)33(38)40-19-7-5-2/h8-17H,4-7,18-19,21-22H2,1-2H3. The smallest absolute Gasteiger partial charge is 0.338 e. The van der Waals surface area contributed by atoms with Gasteiger partial charge in [0.05, 0.1) is 51.0 Å². The number of esters is 2. The number of rotatable bonds is 14. The van der Waals surface area contributed by atoms with Crippen molar-refractivity contribution in [1.29, 1.82) is 5.26 Å². The molecule has 0 aliphatic carbocycles. The van der Waals surface area contributed by atoms with Gasteiger partial charge in [0.2, 0.25) is 0 Å². The molecule has 0 amide bonds. The molecule has 10 heteroatoms. The molecule has 0 atom stereocenters. The fraction of sp³-hybridized carbons (Fsp3) is 0.294. The molecule has 0 aromatic heterocycles. The minimum absolute atomic E-state index is 0.0101. The summed E-state index contributed by atoms with van der Waals surface area (Å²) in [6.07, 6.45) is 3.57. The first-order valence-corrected chi connectivity index (χ1v) is 15.9. The highest BCUT2D eigenvalue weighted by Crippen LogP contribution is 2.59. The van der Waals surface area contributed by atoms with Crippen LogP contribution in [-0.2, 0) is 22.7 Å². The summed E-state index contributed by atoms with van der Waals surface area (Å²) in [7, 11) is 0. The molecule has 0 saturated heterocycles. The summed E-state index contributed by atoms with van der Waals surface area (Å²) >= 11 is 2.62. The van der Waals surface area contributed by atoms with Crippen molar-refractivity contribution in [1.82, 2.24) is 0 Å². The Balaban J connectivity index is 1.45. The number of thioether (sulfide) groups is 2. The Bertz CT molecular complexity index is 1470. The number of ether oxygens (including phenoxy) is 4. The van der Waals surface area contributed by atoms with E-state index in [4.69, 9.17) is 25.5 Å².